The van der Waals surface area contributed by atoms with E-state index in [4.69, 9.17) is 0 Å². The maximum Gasteiger partial charge on any atom is 0.378 e. The summed E-state index contributed by atoms with van der Waals surface area (Å²) in [5, 5.41) is 2.02. The third-order valence-electron chi connectivity index (χ3n) is 3.38. The van der Waals surface area contributed by atoms with Crippen LogP contribution in [0.1, 0.15) is 0 Å². The summed E-state index contributed by atoms with van der Waals surface area (Å²) in [7, 11) is 0. The number of halogens is 8. The molecule has 2 unspecified atom stereocenters. The molecule has 1 aliphatic heterocycles. The molecule has 9 heteroatoms. The highest BCUT2D eigenvalue weighted by molar-refractivity contribution is 5.17. The molecule has 0 radical (unpaired) electrons. The highest BCUT2D eigenvalue weighted by Crippen LogP contribution is 2.64. The summed E-state index contributed by atoms with van der Waals surface area (Å²) in [5.41, 5.74) is 0. The predicted octanol–water partition coefficient (Wildman–Crippen LogP) is 2.38. The minimum absolute atomic E-state index is 0.834. The van der Waals surface area contributed by atoms with Crippen LogP contribution in [-0.4, -0.2) is 36.8 Å². The largest absolute Gasteiger partial charge is 0.378 e. The van der Waals surface area contributed by atoms with Gasteiger partial charge >= 0.3 is 23.7 Å². The summed E-state index contributed by atoms with van der Waals surface area (Å²) in [6.45, 7) is -1.67. The molecule has 1 aliphatic carbocycles. The Hall–Kier alpha value is -0.600. The van der Waals surface area contributed by atoms with Crippen molar-refractivity contribution in [1.82, 2.24) is 5.32 Å². The first kappa shape index (κ1) is 12.8. The van der Waals surface area contributed by atoms with Crippen LogP contribution in [-0.2, 0) is 0 Å². The van der Waals surface area contributed by atoms with Crippen molar-refractivity contribution in [3.63, 3.8) is 0 Å². The normalized spacial score (nSPS) is 40.9. The first-order valence-corrected chi connectivity index (χ1v) is 4.70. The lowest BCUT2D eigenvalue weighted by atomic mass is 9.71. The maximum atomic E-state index is 13.2. The third-order valence-corrected chi connectivity index (χ3v) is 3.38. The van der Waals surface area contributed by atoms with Crippen LogP contribution < -0.4 is 5.32 Å². The van der Waals surface area contributed by atoms with Crippen molar-refractivity contribution >= 4 is 0 Å². The van der Waals surface area contributed by atoms with Crippen LogP contribution in [0.4, 0.5) is 35.1 Å². The number of alkyl halides is 8. The molecule has 0 aromatic carbocycles. The van der Waals surface area contributed by atoms with E-state index in [-0.39, 0.29) is 0 Å². The van der Waals surface area contributed by atoms with Gasteiger partial charge in [0.2, 0.25) is 0 Å². The van der Waals surface area contributed by atoms with Gasteiger partial charge in [0.25, 0.3) is 0 Å². The Morgan fingerprint density at radius 1 is 0.647 bits per heavy atom. The molecule has 0 spiro atoms. The fourth-order valence-corrected chi connectivity index (χ4v) is 2.32. The molecule has 2 rings (SSSR count). The van der Waals surface area contributed by atoms with Gasteiger partial charge < -0.3 is 5.32 Å². The summed E-state index contributed by atoms with van der Waals surface area (Å²) < 4.78 is 104. The van der Waals surface area contributed by atoms with Gasteiger partial charge in [-0.25, -0.2) is 0 Å². The molecule has 1 nitrogen and oxygen atoms in total. The highest BCUT2D eigenvalue weighted by Gasteiger charge is 2.89. The minimum atomic E-state index is -6.06. The van der Waals surface area contributed by atoms with Gasteiger partial charge in [0, 0.05) is 13.1 Å². The van der Waals surface area contributed by atoms with Gasteiger partial charge in [-0.05, 0) is 0 Å². The van der Waals surface area contributed by atoms with Crippen LogP contribution >= 0.6 is 0 Å². The van der Waals surface area contributed by atoms with Gasteiger partial charge in [0.15, 0.2) is 0 Å². The van der Waals surface area contributed by atoms with Crippen molar-refractivity contribution in [2.45, 2.75) is 23.7 Å². The lowest BCUT2D eigenvalue weighted by Gasteiger charge is -2.47. The SMILES string of the molecule is FC1(F)C2CNCC2C(F)(F)C(F)(F)C1(F)F. The number of rotatable bonds is 0. The highest BCUT2D eigenvalue weighted by atomic mass is 19.4. The number of hydrogen-bond acceptors (Lipinski definition) is 1. The molecule has 0 bridgehead atoms. The zero-order chi connectivity index (χ0) is 13.3. The molecule has 0 aromatic heterocycles. The zero-order valence-electron chi connectivity index (χ0n) is 8.09. The van der Waals surface area contributed by atoms with Crippen molar-refractivity contribution in [3.8, 4) is 0 Å². The van der Waals surface area contributed by atoms with Gasteiger partial charge in [0.1, 0.15) is 0 Å². The Kier molecular flexibility index (Phi) is 2.30. The van der Waals surface area contributed by atoms with Crippen molar-refractivity contribution in [2.75, 3.05) is 13.1 Å². The molecule has 1 N–H and O–H groups in total. The second-order valence-electron chi connectivity index (χ2n) is 4.27. The van der Waals surface area contributed by atoms with E-state index >= 15 is 0 Å². The average Bonchev–Trinajstić information content (AvgIpc) is 2.64. The van der Waals surface area contributed by atoms with E-state index in [0.29, 0.717) is 0 Å². The van der Waals surface area contributed by atoms with Gasteiger partial charge in [-0.15, -0.1) is 0 Å². The Balaban J connectivity index is 2.58. The molecule has 0 amide bonds. The summed E-state index contributed by atoms with van der Waals surface area (Å²) in [6, 6.07) is 0. The van der Waals surface area contributed by atoms with Crippen molar-refractivity contribution in [1.29, 1.82) is 0 Å². The smallest absolute Gasteiger partial charge is 0.316 e. The molecule has 2 atom stereocenters. The zero-order valence-corrected chi connectivity index (χ0v) is 8.09. The summed E-state index contributed by atoms with van der Waals surface area (Å²) in [4.78, 5) is 0. The molecule has 1 saturated carbocycles. The number of nitrogens with one attached hydrogen (secondary N) is 1. The third kappa shape index (κ3) is 1.18. The van der Waals surface area contributed by atoms with Crippen LogP contribution in [0.15, 0.2) is 0 Å². The van der Waals surface area contributed by atoms with Crippen LogP contribution in [0, 0.1) is 11.8 Å². The molecular weight excluding hydrogens is 262 g/mol. The molecule has 2 aliphatic rings. The fraction of sp³-hybridized carbons (Fsp3) is 1.00. The van der Waals surface area contributed by atoms with E-state index in [1.54, 1.807) is 0 Å². The topological polar surface area (TPSA) is 12.0 Å². The monoisotopic (exact) mass is 269 g/mol. The minimum Gasteiger partial charge on any atom is -0.316 e. The van der Waals surface area contributed by atoms with Crippen molar-refractivity contribution in [3.05, 3.63) is 0 Å². The molecule has 1 heterocycles. The molecule has 0 aromatic rings. The van der Waals surface area contributed by atoms with Gasteiger partial charge in [-0.3, -0.25) is 0 Å². The second-order valence-corrected chi connectivity index (χ2v) is 4.27. The molecule has 17 heavy (non-hydrogen) atoms. The van der Waals surface area contributed by atoms with Crippen molar-refractivity contribution in [2.24, 2.45) is 11.8 Å². The molecule has 1 saturated heterocycles. The van der Waals surface area contributed by atoms with Crippen molar-refractivity contribution < 1.29 is 35.1 Å². The van der Waals surface area contributed by atoms with Crippen LogP contribution in [0.25, 0.3) is 0 Å². The van der Waals surface area contributed by atoms with E-state index in [2.05, 4.69) is 0 Å². The van der Waals surface area contributed by atoms with E-state index in [1.807, 2.05) is 5.32 Å². The predicted molar refractivity (Wildman–Crippen MR) is 39.6 cm³/mol. The second kappa shape index (κ2) is 3.04. The summed E-state index contributed by atoms with van der Waals surface area (Å²) in [6.07, 6.45) is 0. The van der Waals surface area contributed by atoms with E-state index in [0.717, 1.165) is 0 Å². The van der Waals surface area contributed by atoms with Gasteiger partial charge in [-0.1, -0.05) is 0 Å². The first-order chi connectivity index (χ1) is 7.48. The van der Waals surface area contributed by atoms with Crippen LogP contribution in [0.5, 0.6) is 0 Å². The van der Waals surface area contributed by atoms with Gasteiger partial charge in [0.05, 0.1) is 11.8 Å². The quantitative estimate of drug-likeness (QED) is 0.666. The molecule has 2 fully saturated rings. The molecule has 100 valence electrons. The Morgan fingerprint density at radius 3 is 1.24 bits per heavy atom. The average molecular weight is 269 g/mol. The molecular formula is C8H7F8N. The fourth-order valence-electron chi connectivity index (χ4n) is 2.32. The van der Waals surface area contributed by atoms with E-state index < -0.39 is 48.6 Å². The standard InChI is InChI=1S/C8H7F8N/c9-5(10)3-1-17-2-4(3)6(11,12)8(15,16)7(5,13)14/h3-4,17H,1-2H2. The maximum absolute atomic E-state index is 13.2. The number of hydrogen-bond donors (Lipinski definition) is 1. The van der Waals surface area contributed by atoms with E-state index in [9.17, 15) is 35.1 Å². The Morgan fingerprint density at radius 2 is 0.941 bits per heavy atom. The number of fused-ring (bicyclic) bond motifs is 1. The van der Waals surface area contributed by atoms with E-state index in [1.165, 1.54) is 0 Å². The summed E-state index contributed by atoms with van der Waals surface area (Å²) in [5.74, 6) is -27.4. The van der Waals surface area contributed by atoms with Crippen LogP contribution in [0.3, 0.4) is 0 Å². The lowest BCUT2D eigenvalue weighted by molar-refractivity contribution is -0.418. The summed E-state index contributed by atoms with van der Waals surface area (Å²) >= 11 is 0. The van der Waals surface area contributed by atoms with Crippen LogP contribution in [0.2, 0.25) is 0 Å². The Bertz CT molecular complexity index is 306. The first-order valence-electron chi connectivity index (χ1n) is 4.70. The lowest BCUT2D eigenvalue weighted by Crippen LogP contribution is -2.72. The Labute approximate surface area is 90.2 Å². The van der Waals surface area contributed by atoms with Gasteiger partial charge in [-0.2, -0.15) is 35.1 Å².